The molecule has 0 saturated carbocycles. The Kier molecular flexibility index (Phi) is 6.00. The zero-order chi connectivity index (χ0) is 23.2. The number of rotatable bonds is 4. The number of anilines is 1. The molecule has 1 fully saturated rings. The topological polar surface area (TPSA) is 132 Å². The molecule has 1 saturated heterocycles. The summed E-state index contributed by atoms with van der Waals surface area (Å²) in [5.41, 5.74) is -3.13. The molecule has 0 spiro atoms. The molecule has 0 amide bonds. The predicted octanol–water partition coefficient (Wildman–Crippen LogP) is 1.75. The third-order valence-electron chi connectivity index (χ3n) is 5.19. The summed E-state index contributed by atoms with van der Waals surface area (Å²) in [5.74, 6) is 0. The van der Waals surface area contributed by atoms with E-state index < -0.39 is 60.2 Å². The number of nitrogens with one attached hydrogen (secondary N) is 1. The number of fused-ring (bicyclic) bond motifs is 1. The van der Waals surface area contributed by atoms with Gasteiger partial charge in [0.15, 0.2) is 6.29 Å². The Bertz CT molecular complexity index is 1160. The van der Waals surface area contributed by atoms with Gasteiger partial charge in [-0.3, -0.25) is 0 Å². The van der Waals surface area contributed by atoms with Crippen molar-refractivity contribution in [2.24, 2.45) is 0 Å². The molecule has 1 aromatic carbocycles. The lowest BCUT2D eigenvalue weighted by Crippen LogP contribution is -2.61. The number of aliphatic hydroxyl groups excluding tert-OH is 4. The molecule has 5 N–H and O–H groups in total. The number of hydrogen-bond donors (Lipinski definition) is 5. The first-order chi connectivity index (χ1) is 15.1. The van der Waals surface area contributed by atoms with Gasteiger partial charge in [0.25, 0.3) is 0 Å². The number of alkyl halides is 3. The van der Waals surface area contributed by atoms with Crippen molar-refractivity contribution in [2.45, 2.75) is 36.8 Å². The predicted molar refractivity (Wildman–Crippen MR) is 108 cm³/mol. The first kappa shape index (κ1) is 22.7. The summed E-state index contributed by atoms with van der Waals surface area (Å²) in [4.78, 5) is 12.6. The lowest BCUT2D eigenvalue weighted by Gasteiger charge is -2.40. The Hall–Kier alpha value is -2.48. The molecule has 32 heavy (non-hydrogen) atoms. The molecule has 0 bridgehead atoms. The van der Waals surface area contributed by atoms with Crippen LogP contribution in [0.3, 0.4) is 0 Å². The SMILES string of the molecule is O=c1oc2cc(N[C@@H]3C(O)OC(CO)[C@@H](O)C3O)ccc2c(C(F)(F)F)c1-c1cccs1. The molecule has 3 aromatic rings. The molecule has 5 atom stereocenters. The van der Waals surface area contributed by atoms with Crippen LogP contribution in [0.1, 0.15) is 5.56 Å². The van der Waals surface area contributed by atoms with Crippen molar-refractivity contribution in [3.63, 3.8) is 0 Å². The van der Waals surface area contributed by atoms with Gasteiger partial charge in [-0.15, -0.1) is 11.3 Å². The quantitative estimate of drug-likeness (QED) is 0.362. The van der Waals surface area contributed by atoms with Gasteiger partial charge in [0.2, 0.25) is 0 Å². The van der Waals surface area contributed by atoms with Crippen LogP contribution in [0.2, 0.25) is 0 Å². The molecule has 4 rings (SSSR count). The van der Waals surface area contributed by atoms with Crippen molar-refractivity contribution in [1.29, 1.82) is 0 Å². The number of aliphatic hydroxyl groups is 4. The van der Waals surface area contributed by atoms with Crippen LogP contribution in [0.15, 0.2) is 44.9 Å². The highest BCUT2D eigenvalue weighted by atomic mass is 32.1. The average Bonchev–Trinajstić information content (AvgIpc) is 3.26. The lowest BCUT2D eigenvalue weighted by molar-refractivity contribution is -0.245. The first-order valence-corrected chi connectivity index (χ1v) is 10.3. The maximum absolute atomic E-state index is 13.9. The van der Waals surface area contributed by atoms with Gasteiger partial charge in [-0.1, -0.05) is 6.07 Å². The number of halogens is 3. The second-order valence-corrected chi connectivity index (χ2v) is 8.17. The second-order valence-electron chi connectivity index (χ2n) is 7.22. The molecule has 3 heterocycles. The van der Waals surface area contributed by atoms with E-state index in [2.05, 4.69) is 5.32 Å². The largest absolute Gasteiger partial charge is 0.422 e. The van der Waals surface area contributed by atoms with Crippen LogP contribution in [0, 0.1) is 0 Å². The second kappa shape index (κ2) is 8.46. The van der Waals surface area contributed by atoms with Crippen LogP contribution in [-0.2, 0) is 10.9 Å². The molecule has 2 aromatic heterocycles. The molecule has 1 aliphatic heterocycles. The van der Waals surface area contributed by atoms with Gasteiger partial charge >= 0.3 is 11.8 Å². The molecule has 0 aliphatic carbocycles. The van der Waals surface area contributed by atoms with E-state index in [1.165, 1.54) is 18.2 Å². The minimum absolute atomic E-state index is 0.0963. The summed E-state index contributed by atoms with van der Waals surface area (Å²) >= 11 is 0.975. The molecular weight excluding hydrogens is 455 g/mol. The van der Waals surface area contributed by atoms with Gasteiger partial charge in [-0.25, -0.2) is 4.79 Å². The molecule has 0 radical (unpaired) electrons. The fraction of sp³-hybridized carbons (Fsp3) is 0.350. The first-order valence-electron chi connectivity index (χ1n) is 9.41. The van der Waals surface area contributed by atoms with Gasteiger partial charge in [0.1, 0.15) is 29.9 Å². The fourth-order valence-electron chi connectivity index (χ4n) is 3.68. The molecule has 12 heteroatoms. The van der Waals surface area contributed by atoms with Crippen LogP contribution >= 0.6 is 11.3 Å². The van der Waals surface area contributed by atoms with Gasteiger partial charge in [0.05, 0.1) is 17.7 Å². The standard InChI is InChI=1S/C20H18F3NO7S/c21-20(22,23)14-9-4-3-8(24-15-17(27)16(26)11(7-25)31-19(15)29)6-10(9)30-18(28)13(14)12-2-1-5-32-12/h1-6,11,15-17,19,24-27,29H,7H2/t11?,15-,16+,17?,19?/m0/s1. The molecule has 172 valence electrons. The minimum atomic E-state index is -4.84. The maximum Gasteiger partial charge on any atom is 0.418 e. The van der Waals surface area contributed by atoms with E-state index in [0.29, 0.717) is 0 Å². The smallest absolute Gasteiger partial charge is 0.418 e. The van der Waals surface area contributed by atoms with E-state index >= 15 is 0 Å². The minimum Gasteiger partial charge on any atom is -0.422 e. The van der Waals surface area contributed by atoms with Crippen molar-refractivity contribution < 1.29 is 42.8 Å². The van der Waals surface area contributed by atoms with Crippen molar-refractivity contribution in [3.05, 3.63) is 51.7 Å². The summed E-state index contributed by atoms with van der Waals surface area (Å²) < 4.78 is 52.0. The number of thiophene rings is 1. The van der Waals surface area contributed by atoms with Crippen molar-refractivity contribution in [1.82, 2.24) is 0 Å². The number of benzene rings is 1. The van der Waals surface area contributed by atoms with Crippen LogP contribution < -0.4 is 10.9 Å². The van der Waals surface area contributed by atoms with Crippen LogP contribution in [0.5, 0.6) is 0 Å². The van der Waals surface area contributed by atoms with Crippen molar-refractivity contribution in [3.8, 4) is 10.4 Å². The van der Waals surface area contributed by atoms with E-state index in [1.54, 1.807) is 5.38 Å². The zero-order valence-corrected chi connectivity index (χ0v) is 16.9. The molecular formula is C20H18F3NO7S. The molecule has 3 unspecified atom stereocenters. The number of ether oxygens (including phenoxy) is 1. The Morgan fingerprint density at radius 3 is 2.50 bits per heavy atom. The fourth-order valence-corrected chi connectivity index (χ4v) is 4.44. The van der Waals surface area contributed by atoms with Gasteiger partial charge < -0.3 is 34.9 Å². The van der Waals surface area contributed by atoms with E-state index in [9.17, 15) is 33.3 Å². The third kappa shape index (κ3) is 4.00. The Morgan fingerprint density at radius 1 is 1.12 bits per heavy atom. The van der Waals surface area contributed by atoms with Gasteiger partial charge in [0, 0.05) is 22.0 Å². The van der Waals surface area contributed by atoms with Crippen molar-refractivity contribution >= 4 is 28.0 Å². The van der Waals surface area contributed by atoms with Crippen LogP contribution in [0.4, 0.5) is 18.9 Å². The third-order valence-corrected chi connectivity index (χ3v) is 6.08. The van der Waals surface area contributed by atoms with Gasteiger partial charge in [-0.05, 0) is 23.6 Å². The highest BCUT2D eigenvalue weighted by molar-refractivity contribution is 7.13. The summed E-state index contributed by atoms with van der Waals surface area (Å²) in [6.45, 7) is -0.643. The van der Waals surface area contributed by atoms with E-state index in [0.717, 1.165) is 23.5 Å². The normalized spacial score (nSPS) is 26.4. The highest BCUT2D eigenvalue weighted by Gasteiger charge is 2.44. The van der Waals surface area contributed by atoms with Crippen LogP contribution in [-0.4, -0.2) is 57.7 Å². The lowest BCUT2D eigenvalue weighted by atomic mass is 9.96. The Balaban J connectivity index is 1.76. The van der Waals surface area contributed by atoms with Gasteiger partial charge in [-0.2, -0.15) is 13.2 Å². The molecule has 1 aliphatic rings. The van der Waals surface area contributed by atoms with Crippen LogP contribution in [0.25, 0.3) is 21.4 Å². The summed E-state index contributed by atoms with van der Waals surface area (Å²) in [6.07, 6.45) is -10.8. The van der Waals surface area contributed by atoms with E-state index in [4.69, 9.17) is 14.3 Å². The van der Waals surface area contributed by atoms with Crippen molar-refractivity contribution in [2.75, 3.05) is 11.9 Å². The highest BCUT2D eigenvalue weighted by Crippen LogP contribution is 2.41. The molecule has 8 nitrogen and oxygen atoms in total. The monoisotopic (exact) mass is 473 g/mol. The van der Waals surface area contributed by atoms with E-state index in [-0.39, 0.29) is 21.5 Å². The Labute approximate surface area is 182 Å². The maximum atomic E-state index is 13.9. The zero-order valence-electron chi connectivity index (χ0n) is 16.1. The summed E-state index contributed by atoms with van der Waals surface area (Å²) in [6, 6.07) is 5.12. The Morgan fingerprint density at radius 2 is 1.88 bits per heavy atom. The average molecular weight is 473 g/mol. The number of hydrogen-bond acceptors (Lipinski definition) is 9. The summed E-state index contributed by atoms with van der Waals surface area (Å²) in [7, 11) is 0. The summed E-state index contributed by atoms with van der Waals surface area (Å²) in [5, 5.41) is 43.3. The van der Waals surface area contributed by atoms with E-state index in [1.807, 2.05) is 0 Å².